The Bertz CT molecular complexity index is 855. The molecule has 6 nitrogen and oxygen atoms in total. The fourth-order valence-electron chi connectivity index (χ4n) is 3.99. The minimum atomic E-state index is -0.584. The van der Waals surface area contributed by atoms with Crippen molar-refractivity contribution in [1.82, 2.24) is 14.8 Å². The van der Waals surface area contributed by atoms with Crippen LogP contribution in [0.5, 0.6) is 5.75 Å². The predicted molar refractivity (Wildman–Crippen MR) is 100 cm³/mol. The molecule has 0 saturated carbocycles. The number of nitrogens with zero attached hydrogens (tertiary/aromatic N) is 3. The van der Waals surface area contributed by atoms with Gasteiger partial charge >= 0.3 is 0 Å². The molecule has 0 unspecified atom stereocenters. The highest BCUT2D eigenvalue weighted by Gasteiger charge is 2.43. The maximum Gasteiger partial charge on any atom is 0.254 e. The van der Waals surface area contributed by atoms with E-state index in [-0.39, 0.29) is 11.8 Å². The van der Waals surface area contributed by atoms with Crippen LogP contribution in [0.2, 0.25) is 0 Å². The summed E-state index contributed by atoms with van der Waals surface area (Å²) >= 11 is 0. The molecule has 0 radical (unpaired) electrons. The maximum atomic E-state index is 12.9. The molecule has 0 N–H and O–H groups in total. The molecule has 0 aliphatic carbocycles. The van der Waals surface area contributed by atoms with Crippen LogP contribution in [0.3, 0.4) is 0 Å². The number of hydrogen-bond acceptors (Lipinski definition) is 4. The maximum absolute atomic E-state index is 12.9. The third-order valence-corrected chi connectivity index (χ3v) is 5.34. The first kappa shape index (κ1) is 17.5. The Morgan fingerprint density at radius 2 is 1.81 bits per heavy atom. The lowest BCUT2D eigenvalue weighted by molar-refractivity contribution is -0.132. The molecule has 0 bridgehead atoms. The van der Waals surface area contributed by atoms with Crippen LogP contribution in [0.15, 0.2) is 48.8 Å². The van der Waals surface area contributed by atoms with Crippen LogP contribution in [0.1, 0.15) is 35.7 Å². The van der Waals surface area contributed by atoms with Gasteiger partial charge in [0, 0.05) is 43.5 Å². The Labute approximate surface area is 158 Å². The van der Waals surface area contributed by atoms with Gasteiger partial charge in [-0.15, -0.1) is 0 Å². The zero-order chi connectivity index (χ0) is 18.9. The van der Waals surface area contributed by atoms with Crippen molar-refractivity contribution < 1.29 is 14.3 Å². The molecular weight excluding hydrogens is 342 g/mol. The second-order valence-corrected chi connectivity index (χ2v) is 7.33. The third kappa shape index (κ3) is 3.52. The SMILES string of the molecule is CC(=O)N1Cc2ccccc2O[C@@]2(CCCN(C(=O)c3ccncc3)C2)C1. The molecule has 1 aromatic heterocycles. The van der Waals surface area contributed by atoms with E-state index in [1.54, 1.807) is 31.5 Å². The molecule has 4 rings (SSSR count). The molecule has 1 fully saturated rings. The molecule has 2 amide bonds. The monoisotopic (exact) mass is 365 g/mol. The third-order valence-electron chi connectivity index (χ3n) is 5.34. The number of carbonyl (C=O) groups is 2. The van der Waals surface area contributed by atoms with Gasteiger partial charge in [0.25, 0.3) is 5.91 Å². The summed E-state index contributed by atoms with van der Waals surface area (Å²) in [6.45, 7) is 3.76. The average Bonchev–Trinajstić information content (AvgIpc) is 2.84. The molecule has 3 heterocycles. The van der Waals surface area contributed by atoms with Crippen molar-refractivity contribution in [3.05, 3.63) is 59.9 Å². The number of carbonyl (C=O) groups excluding carboxylic acids is 2. The van der Waals surface area contributed by atoms with Gasteiger partial charge in [0.1, 0.15) is 11.4 Å². The van der Waals surface area contributed by atoms with Gasteiger partial charge in [0.05, 0.1) is 13.1 Å². The quantitative estimate of drug-likeness (QED) is 0.779. The van der Waals surface area contributed by atoms with Crippen LogP contribution in [-0.2, 0) is 11.3 Å². The minimum Gasteiger partial charge on any atom is -0.483 e. The van der Waals surface area contributed by atoms with Gasteiger partial charge in [-0.1, -0.05) is 18.2 Å². The standard InChI is InChI=1S/C21H23N3O3/c1-16(25)24-13-18-5-2-3-6-19(18)27-21(15-24)9-4-12-23(14-21)20(26)17-7-10-22-11-8-17/h2-3,5-8,10-11H,4,9,12-15H2,1H3/t21-/m1/s1. The summed E-state index contributed by atoms with van der Waals surface area (Å²) in [5.74, 6) is 0.804. The van der Waals surface area contributed by atoms with E-state index >= 15 is 0 Å². The summed E-state index contributed by atoms with van der Waals surface area (Å²) in [4.78, 5) is 32.8. The summed E-state index contributed by atoms with van der Waals surface area (Å²) in [7, 11) is 0. The second kappa shape index (κ2) is 7.02. The highest BCUT2D eigenvalue weighted by atomic mass is 16.5. The number of para-hydroxylation sites is 1. The number of aromatic nitrogens is 1. The van der Waals surface area contributed by atoms with E-state index in [0.29, 0.717) is 31.7 Å². The smallest absolute Gasteiger partial charge is 0.254 e. The molecular formula is C21H23N3O3. The number of rotatable bonds is 1. The predicted octanol–water partition coefficient (Wildman–Crippen LogP) is 2.50. The molecule has 1 atom stereocenters. The number of pyridine rings is 1. The van der Waals surface area contributed by atoms with Crippen molar-refractivity contribution in [1.29, 1.82) is 0 Å². The Morgan fingerprint density at radius 3 is 2.59 bits per heavy atom. The van der Waals surface area contributed by atoms with Crippen molar-refractivity contribution in [2.45, 2.75) is 31.9 Å². The van der Waals surface area contributed by atoms with Gasteiger partial charge in [-0.05, 0) is 31.0 Å². The van der Waals surface area contributed by atoms with Crippen LogP contribution in [0.4, 0.5) is 0 Å². The summed E-state index contributed by atoms with van der Waals surface area (Å²) in [6, 6.07) is 11.3. The largest absolute Gasteiger partial charge is 0.483 e. The Hall–Kier alpha value is -2.89. The topological polar surface area (TPSA) is 62.7 Å². The normalized spacial score (nSPS) is 22.0. The van der Waals surface area contributed by atoms with E-state index < -0.39 is 5.60 Å². The van der Waals surface area contributed by atoms with Crippen LogP contribution in [0.25, 0.3) is 0 Å². The van der Waals surface area contributed by atoms with Crippen LogP contribution >= 0.6 is 0 Å². The summed E-state index contributed by atoms with van der Waals surface area (Å²) in [6.07, 6.45) is 4.90. The van der Waals surface area contributed by atoms with E-state index in [1.807, 2.05) is 34.1 Å². The number of hydrogen-bond donors (Lipinski definition) is 0. The first-order valence-corrected chi connectivity index (χ1v) is 9.28. The van der Waals surface area contributed by atoms with Gasteiger partial charge in [0.15, 0.2) is 0 Å². The van der Waals surface area contributed by atoms with E-state index in [9.17, 15) is 9.59 Å². The number of piperidine rings is 1. The van der Waals surface area contributed by atoms with Crippen molar-refractivity contribution in [3.63, 3.8) is 0 Å². The molecule has 2 aliphatic heterocycles. The molecule has 27 heavy (non-hydrogen) atoms. The molecule has 6 heteroatoms. The second-order valence-electron chi connectivity index (χ2n) is 7.33. The van der Waals surface area contributed by atoms with Gasteiger partial charge in [-0.2, -0.15) is 0 Å². The van der Waals surface area contributed by atoms with Crippen molar-refractivity contribution >= 4 is 11.8 Å². The van der Waals surface area contributed by atoms with E-state index in [2.05, 4.69) is 4.98 Å². The highest BCUT2D eigenvalue weighted by molar-refractivity contribution is 5.94. The molecule has 2 aromatic rings. The number of benzene rings is 1. The lowest BCUT2D eigenvalue weighted by atomic mass is 9.91. The lowest BCUT2D eigenvalue weighted by Gasteiger charge is -2.43. The van der Waals surface area contributed by atoms with E-state index in [4.69, 9.17) is 4.74 Å². The van der Waals surface area contributed by atoms with Crippen LogP contribution in [-0.4, -0.2) is 51.8 Å². The number of ether oxygens (including phenoxy) is 1. The fourth-order valence-corrected chi connectivity index (χ4v) is 3.99. The first-order valence-electron chi connectivity index (χ1n) is 9.28. The molecule has 1 spiro atoms. The van der Waals surface area contributed by atoms with Gasteiger partial charge in [-0.25, -0.2) is 0 Å². The summed E-state index contributed by atoms with van der Waals surface area (Å²) in [5, 5.41) is 0. The molecule has 1 saturated heterocycles. The van der Waals surface area contributed by atoms with Gasteiger partial charge < -0.3 is 14.5 Å². The van der Waals surface area contributed by atoms with E-state index in [1.165, 1.54) is 0 Å². The number of amides is 2. The van der Waals surface area contributed by atoms with Gasteiger partial charge in [-0.3, -0.25) is 14.6 Å². The molecule has 140 valence electrons. The Kier molecular flexibility index (Phi) is 4.56. The summed E-state index contributed by atoms with van der Waals surface area (Å²) < 4.78 is 6.48. The first-order chi connectivity index (χ1) is 13.1. The number of fused-ring (bicyclic) bond motifs is 1. The highest BCUT2D eigenvalue weighted by Crippen LogP contribution is 2.35. The zero-order valence-electron chi connectivity index (χ0n) is 15.4. The van der Waals surface area contributed by atoms with Crippen molar-refractivity contribution in [2.24, 2.45) is 0 Å². The lowest BCUT2D eigenvalue weighted by Crippen LogP contribution is -2.58. The molecule has 2 aliphatic rings. The van der Waals surface area contributed by atoms with Crippen molar-refractivity contribution in [3.8, 4) is 5.75 Å². The van der Waals surface area contributed by atoms with Crippen LogP contribution in [0, 0.1) is 0 Å². The van der Waals surface area contributed by atoms with Crippen LogP contribution < -0.4 is 4.74 Å². The fraction of sp³-hybridized carbons (Fsp3) is 0.381. The minimum absolute atomic E-state index is 0.0206. The molecule has 1 aromatic carbocycles. The average molecular weight is 365 g/mol. The van der Waals surface area contributed by atoms with Gasteiger partial charge in [0.2, 0.25) is 5.91 Å². The van der Waals surface area contributed by atoms with E-state index in [0.717, 1.165) is 24.2 Å². The zero-order valence-corrected chi connectivity index (χ0v) is 15.4. The number of likely N-dealkylation sites (tertiary alicyclic amines) is 1. The summed E-state index contributed by atoms with van der Waals surface area (Å²) in [5.41, 5.74) is 1.04. The van der Waals surface area contributed by atoms with Crippen molar-refractivity contribution in [2.75, 3.05) is 19.6 Å². The Balaban J connectivity index is 1.64. The Morgan fingerprint density at radius 1 is 1.07 bits per heavy atom.